The molecule has 1 saturated heterocycles. The summed E-state index contributed by atoms with van der Waals surface area (Å²) in [6, 6.07) is 5.86. The van der Waals surface area contributed by atoms with Crippen molar-refractivity contribution in [1.82, 2.24) is 30.0 Å². The van der Waals surface area contributed by atoms with Crippen molar-refractivity contribution in [1.29, 1.82) is 0 Å². The molecule has 4 rings (SSSR count). The van der Waals surface area contributed by atoms with Crippen LogP contribution in [-0.4, -0.2) is 63.3 Å². The lowest BCUT2D eigenvalue weighted by Crippen LogP contribution is -2.30. The van der Waals surface area contributed by atoms with E-state index < -0.39 is 0 Å². The van der Waals surface area contributed by atoms with Gasteiger partial charge in [-0.15, -0.1) is 0 Å². The first-order valence-corrected chi connectivity index (χ1v) is 8.52. The fraction of sp³-hybridized carbons (Fsp3) is 0.333. The number of nitrogens with zero attached hydrogens (tertiary/aromatic N) is 6. The molecular weight excluding hydrogens is 314 g/mol. The van der Waals surface area contributed by atoms with E-state index in [0.717, 1.165) is 61.1 Å². The Labute approximate surface area is 146 Å². The van der Waals surface area contributed by atoms with Gasteiger partial charge in [-0.05, 0) is 38.2 Å². The van der Waals surface area contributed by atoms with Crippen molar-refractivity contribution in [2.45, 2.75) is 6.42 Å². The van der Waals surface area contributed by atoms with Crippen molar-refractivity contribution < 1.29 is 0 Å². The Morgan fingerprint density at radius 1 is 1.00 bits per heavy atom. The molecule has 1 N–H and O–H groups in total. The number of pyridine rings is 1. The van der Waals surface area contributed by atoms with Crippen molar-refractivity contribution in [3.63, 3.8) is 0 Å². The van der Waals surface area contributed by atoms with Crippen LogP contribution in [0.15, 0.2) is 43.0 Å². The molecule has 7 nitrogen and oxygen atoms in total. The summed E-state index contributed by atoms with van der Waals surface area (Å²) in [5, 5.41) is 7.29. The number of rotatable bonds is 3. The topological polar surface area (TPSA) is 73.8 Å². The highest BCUT2D eigenvalue weighted by atomic mass is 15.3. The van der Waals surface area contributed by atoms with Gasteiger partial charge in [0.05, 0.1) is 17.6 Å². The predicted molar refractivity (Wildman–Crippen MR) is 97.2 cm³/mol. The summed E-state index contributed by atoms with van der Waals surface area (Å²) in [6.45, 7) is 4.07. The number of anilines is 1. The molecule has 0 spiro atoms. The number of hydrogen-bond acceptors (Lipinski definition) is 6. The lowest BCUT2D eigenvalue weighted by Gasteiger charge is -2.20. The van der Waals surface area contributed by atoms with E-state index in [4.69, 9.17) is 4.98 Å². The summed E-state index contributed by atoms with van der Waals surface area (Å²) in [6.07, 6.45) is 8.32. The molecule has 128 valence electrons. The molecule has 3 aromatic rings. The van der Waals surface area contributed by atoms with E-state index >= 15 is 0 Å². The van der Waals surface area contributed by atoms with Crippen LogP contribution >= 0.6 is 0 Å². The van der Waals surface area contributed by atoms with Gasteiger partial charge in [0.15, 0.2) is 0 Å². The Balaban J connectivity index is 1.66. The molecule has 0 bridgehead atoms. The van der Waals surface area contributed by atoms with Gasteiger partial charge in [0.25, 0.3) is 0 Å². The van der Waals surface area contributed by atoms with Crippen molar-refractivity contribution in [2.24, 2.45) is 0 Å². The van der Waals surface area contributed by atoms with Crippen LogP contribution in [0.5, 0.6) is 0 Å². The smallest absolute Gasteiger partial charge is 0.225 e. The maximum atomic E-state index is 4.81. The molecule has 0 unspecified atom stereocenters. The zero-order valence-corrected chi connectivity index (χ0v) is 14.3. The third kappa shape index (κ3) is 3.36. The van der Waals surface area contributed by atoms with Crippen LogP contribution in [-0.2, 0) is 0 Å². The van der Waals surface area contributed by atoms with Crippen molar-refractivity contribution >= 4 is 5.95 Å². The summed E-state index contributed by atoms with van der Waals surface area (Å²) in [5.41, 5.74) is 3.84. The number of likely N-dealkylation sites (N-methyl/N-ethyl adjacent to an activating group) is 1. The highest BCUT2D eigenvalue weighted by Crippen LogP contribution is 2.29. The molecule has 0 amide bonds. The van der Waals surface area contributed by atoms with E-state index in [0.29, 0.717) is 0 Å². The third-order valence-corrected chi connectivity index (χ3v) is 4.53. The Morgan fingerprint density at radius 2 is 1.88 bits per heavy atom. The summed E-state index contributed by atoms with van der Waals surface area (Å²) in [5.74, 6) is 0.787. The lowest BCUT2D eigenvalue weighted by atomic mass is 10.1. The molecule has 4 heterocycles. The molecule has 0 radical (unpaired) electrons. The molecule has 0 atom stereocenters. The van der Waals surface area contributed by atoms with Gasteiger partial charge in [-0.2, -0.15) is 5.10 Å². The molecule has 25 heavy (non-hydrogen) atoms. The summed E-state index contributed by atoms with van der Waals surface area (Å²) < 4.78 is 0. The second-order valence-electron chi connectivity index (χ2n) is 6.28. The maximum Gasteiger partial charge on any atom is 0.225 e. The minimum absolute atomic E-state index is 0.787. The summed E-state index contributed by atoms with van der Waals surface area (Å²) in [7, 11) is 2.16. The molecule has 0 aromatic carbocycles. The monoisotopic (exact) mass is 335 g/mol. The second kappa shape index (κ2) is 6.98. The molecule has 1 aliphatic rings. The molecule has 0 aliphatic carbocycles. The quantitative estimate of drug-likeness (QED) is 0.790. The average molecular weight is 335 g/mol. The highest BCUT2D eigenvalue weighted by Gasteiger charge is 2.17. The SMILES string of the molecule is CN1CCCN(c2nccc(-c3cn[nH]c3-c3ccncc3)n2)CC1. The van der Waals surface area contributed by atoms with E-state index in [1.54, 1.807) is 12.4 Å². The van der Waals surface area contributed by atoms with Crippen LogP contribution in [0.3, 0.4) is 0 Å². The van der Waals surface area contributed by atoms with Crippen LogP contribution in [0, 0.1) is 0 Å². The fourth-order valence-corrected chi connectivity index (χ4v) is 3.12. The Hall–Kier alpha value is -2.80. The largest absolute Gasteiger partial charge is 0.339 e. The number of H-pyrrole nitrogens is 1. The fourth-order valence-electron chi connectivity index (χ4n) is 3.12. The van der Waals surface area contributed by atoms with Crippen molar-refractivity contribution in [3.8, 4) is 22.5 Å². The van der Waals surface area contributed by atoms with Crippen LogP contribution in [0.1, 0.15) is 6.42 Å². The van der Waals surface area contributed by atoms with Gasteiger partial charge in [-0.25, -0.2) is 9.97 Å². The number of nitrogens with one attached hydrogen (secondary N) is 1. The average Bonchev–Trinajstić information content (AvgIpc) is 3.05. The molecule has 1 aliphatic heterocycles. The van der Waals surface area contributed by atoms with E-state index in [1.807, 2.05) is 30.6 Å². The second-order valence-corrected chi connectivity index (χ2v) is 6.28. The maximum absolute atomic E-state index is 4.81. The van der Waals surface area contributed by atoms with Gasteiger partial charge in [0, 0.05) is 49.4 Å². The standard InChI is InChI=1S/C18H21N7/c1-24-9-2-10-25(12-11-24)18-20-8-5-16(22-18)15-13-21-23-17(15)14-3-6-19-7-4-14/h3-8,13H,2,9-12H2,1H3,(H,21,23). The Morgan fingerprint density at radius 3 is 2.76 bits per heavy atom. The van der Waals surface area contributed by atoms with Gasteiger partial charge >= 0.3 is 0 Å². The van der Waals surface area contributed by atoms with Crippen LogP contribution in [0.4, 0.5) is 5.95 Å². The van der Waals surface area contributed by atoms with Gasteiger partial charge in [0.1, 0.15) is 0 Å². The highest BCUT2D eigenvalue weighted by molar-refractivity contribution is 5.78. The third-order valence-electron chi connectivity index (χ3n) is 4.53. The zero-order valence-electron chi connectivity index (χ0n) is 14.3. The van der Waals surface area contributed by atoms with Gasteiger partial charge in [0.2, 0.25) is 5.95 Å². The summed E-state index contributed by atoms with van der Waals surface area (Å²) >= 11 is 0. The molecule has 1 fully saturated rings. The molecular formula is C18H21N7. The van der Waals surface area contributed by atoms with E-state index in [1.165, 1.54) is 0 Å². The normalized spacial score (nSPS) is 16.0. The first-order chi connectivity index (χ1) is 12.3. The first kappa shape index (κ1) is 15.7. The Bertz CT molecular complexity index is 830. The minimum Gasteiger partial charge on any atom is -0.339 e. The van der Waals surface area contributed by atoms with Crippen LogP contribution in [0.2, 0.25) is 0 Å². The zero-order chi connectivity index (χ0) is 17.1. The number of aromatic nitrogens is 5. The van der Waals surface area contributed by atoms with E-state index in [-0.39, 0.29) is 0 Å². The molecule has 3 aromatic heterocycles. The van der Waals surface area contributed by atoms with Gasteiger partial charge < -0.3 is 9.80 Å². The van der Waals surface area contributed by atoms with Crippen LogP contribution in [0.25, 0.3) is 22.5 Å². The first-order valence-electron chi connectivity index (χ1n) is 8.52. The lowest BCUT2D eigenvalue weighted by molar-refractivity contribution is 0.360. The predicted octanol–water partition coefficient (Wildman–Crippen LogP) is 2.07. The molecule has 7 heteroatoms. The summed E-state index contributed by atoms with van der Waals surface area (Å²) in [4.78, 5) is 18.0. The van der Waals surface area contributed by atoms with Crippen LogP contribution < -0.4 is 4.90 Å². The number of hydrogen-bond donors (Lipinski definition) is 1. The molecule has 0 saturated carbocycles. The van der Waals surface area contributed by atoms with E-state index in [2.05, 4.69) is 37.0 Å². The van der Waals surface area contributed by atoms with Gasteiger partial charge in [-0.3, -0.25) is 10.1 Å². The van der Waals surface area contributed by atoms with Crippen molar-refractivity contribution in [3.05, 3.63) is 43.0 Å². The van der Waals surface area contributed by atoms with Gasteiger partial charge in [-0.1, -0.05) is 0 Å². The van der Waals surface area contributed by atoms with E-state index in [9.17, 15) is 0 Å². The van der Waals surface area contributed by atoms with Crippen molar-refractivity contribution in [2.75, 3.05) is 38.1 Å². The number of aromatic amines is 1. The minimum atomic E-state index is 0.787. The Kier molecular flexibility index (Phi) is 4.39.